The van der Waals surface area contributed by atoms with Crippen LogP contribution in [-0.2, 0) is 0 Å². The van der Waals surface area contributed by atoms with Gasteiger partial charge in [-0.25, -0.2) is 0 Å². The molecule has 3 nitrogen and oxygen atoms in total. The van der Waals surface area contributed by atoms with Crippen LogP contribution in [0.15, 0.2) is 162 Å². The number of para-hydroxylation sites is 4. The lowest BCUT2D eigenvalue weighted by Crippen LogP contribution is -2.49. The van der Waals surface area contributed by atoms with E-state index in [1.54, 1.807) is 0 Å². The first-order valence-corrected chi connectivity index (χ1v) is 19.6. The number of fused-ring (bicyclic) bond motifs is 10. The van der Waals surface area contributed by atoms with Crippen molar-refractivity contribution in [1.29, 1.82) is 0 Å². The summed E-state index contributed by atoms with van der Waals surface area (Å²) in [5, 5.41) is 7.77. The molecule has 228 valence electrons. The lowest BCUT2D eigenvalue weighted by Gasteiger charge is -2.27. The van der Waals surface area contributed by atoms with E-state index >= 15 is 0 Å². The van der Waals surface area contributed by atoms with Crippen molar-refractivity contribution in [1.82, 2.24) is 4.57 Å². The molecule has 0 aliphatic carbocycles. The maximum atomic E-state index is 6.58. The lowest BCUT2D eigenvalue weighted by atomic mass is 10.0. The Labute approximate surface area is 279 Å². The first kappa shape index (κ1) is 27.3. The Kier molecular flexibility index (Phi) is 5.73. The van der Waals surface area contributed by atoms with E-state index in [1.807, 2.05) is 0 Å². The summed E-state index contributed by atoms with van der Waals surface area (Å²) in [4.78, 5) is 2.41. The number of aromatic nitrogens is 1. The van der Waals surface area contributed by atoms with E-state index in [0.717, 1.165) is 33.9 Å². The molecule has 10 rings (SSSR count). The molecule has 0 amide bonds. The molecule has 0 saturated carbocycles. The molecule has 3 heterocycles. The summed E-state index contributed by atoms with van der Waals surface area (Å²) in [6.45, 7) is 4.96. The summed E-state index contributed by atoms with van der Waals surface area (Å²) in [6, 6.07) is 57.2. The van der Waals surface area contributed by atoms with Crippen molar-refractivity contribution in [3.8, 4) is 16.8 Å². The van der Waals surface area contributed by atoms with E-state index in [-0.39, 0.29) is 0 Å². The second-order valence-corrected chi connectivity index (χ2v) is 17.7. The van der Waals surface area contributed by atoms with Gasteiger partial charge in [0.2, 0.25) is 0 Å². The highest BCUT2D eigenvalue weighted by Gasteiger charge is 2.40. The molecule has 0 radical (unpaired) electrons. The van der Waals surface area contributed by atoms with E-state index in [1.165, 1.54) is 54.1 Å². The Hall–Kier alpha value is -5.84. The van der Waals surface area contributed by atoms with Gasteiger partial charge in [0.1, 0.15) is 19.2 Å². The summed E-state index contributed by atoms with van der Waals surface area (Å²) in [6.07, 6.45) is 0. The number of hydrogen-bond acceptors (Lipinski definition) is 2. The van der Waals surface area contributed by atoms with Crippen LogP contribution in [0.1, 0.15) is 0 Å². The summed E-state index contributed by atoms with van der Waals surface area (Å²) < 4.78 is 8.98. The molecule has 1 aliphatic rings. The third kappa shape index (κ3) is 3.81. The fraction of sp³-hybridized carbons (Fsp3) is 0.0455. The SMILES string of the molecule is C[Si]1(C)c2cc(N(c3ccccc3)c3ccc4c5ccccc5n(-c5ccccc5)c4c3)ccc2-c2c1ccc1c2oc2ccccc21. The van der Waals surface area contributed by atoms with Gasteiger partial charge in [-0.3, -0.25) is 0 Å². The summed E-state index contributed by atoms with van der Waals surface area (Å²) in [5.74, 6) is 0. The number of anilines is 3. The molecule has 0 atom stereocenters. The van der Waals surface area contributed by atoms with E-state index in [2.05, 4.69) is 180 Å². The predicted octanol–water partition coefficient (Wildman–Crippen LogP) is 11.0. The van der Waals surface area contributed by atoms with Crippen molar-refractivity contribution in [2.45, 2.75) is 13.1 Å². The van der Waals surface area contributed by atoms with Gasteiger partial charge in [0, 0.05) is 49.9 Å². The van der Waals surface area contributed by atoms with Gasteiger partial charge in [-0.05, 0) is 76.6 Å². The minimum absolute atomic E-state index is 0.948. The molecule has 7 aromatic carbocycles. The molecule has 2 aromatic heterocycles. The molecule has 0 N–H and O–H groups in total. The zero-order valence-electron chi connectivity index (χ0n) is 26.8. The third-order valence-electron chi connectivity index (χ3n) is 10.4. The summed E-state index contributed by atoms with van der Waals surface area (Å²) in [7, 11) is -2.04. The first-order chi connectivity index (χ1) is 23.6. The number of hydrogen-bond donors (Lipinski definition) is 0. The van der Waals surface area contributed by atoms with Crippen LogP contribution in [0.25, 0.3) is 60.6 Å². The minimum atomic E-state index is -2.04. The van der Waals surface area contributed by atoms with Crippen LogP contribution in [0.3, 0.4) is 0 Å². The molecule has 4 heteroatoms. The van der Waals surface area contributed by atoms with Gasteiger partial charge >= 0.3 is 0 Å². The van der Waals surface area contributed by atoms with Gasteiger partial charge in [-0.15, -0.1) is 0 Å². The lowest BCUT2D eigenvalue weighted by molar-refractivity contribution is 0.670. The molecule has 0 spiro atoms. The Balaban J connectivity index is 1.20. The number of benzene rings is 7. The zero-order chi connectivity index (χ0) is 32.0. The van der Waals surface area contributed by atoms with Crippen LogP contribution in [0.2, 0.25) is 13.1 Å². The topological polar surface area (TPSA) is 21.3 Å². The normalized spacial score (nSPS) is 13.4. The van der Waals surface area contributed by atoms with Crippen molar-refractivity contribution in [3.63, 3.8) is 0 Å². The van der Waals surface area contributed by atoms with Crippen molar-refractivity contribution in [2.75, 3.05) is 4.90 Å². The van der Waals surface area contributed by atoms with Crippen LogP contribution in [-0.4, -0.2) is 12.6 Å². The van der Waals surface area contributed by atoms with Crippen LogP contribution in [0.4, 0.5) is 17.1 Å². The van der Waals surface area contributed by atoms with Gasteiger partial charge in [-0.2, -0.15) is 0 Å². The van der Waals surface area contributed by atoms with Crippen LogP contribution < -0.4 is 15.3 Å². The monoisotopic (exact) mass is 632 g/mol. The average Bonchev–Trinajstić information content (AvgIpc) is 3.75. The van der Waals surface area contributed by atoms with Crippen LogP contribution >= 0.6 is 0 Å². The van der Waals surface area contributed by atoms with Crippen molar-refractivity contribution < 1.29 is 4.42 Å². The Morgan fingerprint density at radius 1 is 0.500 bits per heavy atom. The quantitative estimate of drug-likeness (QED) is 0.180. The summed E-state index contributed by atoms with van der Waals surface area (Å²) >= 11 is 0. The fourth-order valence-electron chi connectivity index (χ4n) is 8.11. The van der Waals surface area contributed by atoms with E-state index in [9.17, 15) is 0 Å². The number of furan rings is 1. The maximum Gasteiger partial charge on any atom is 0.143 e. The molecule has 0 fully saturated rings. The van der Waals surface area contributed by atoms with Gasteiger partial charge < -0.3 is 13.9 Å². The molecular weight excluding hydrogens is 601 g/mol. The molecule has 0 bridgehead atoms. The van der Waals surface area contributed by atoms with E-state index < -0.39 is 8.07 Å². The summed E-state index contributed by atoms with van der Waals surface area (Å²) in [5.41, 5.74) is 11.5. The number of nitrogens with zero attached hydrogens (tertiary/aromatic N) is 2. The number of rotatable bonds is 4. The highest BCUT2D eigenvalue weighted by atomic mass is 28.3. The maximum absolute atomic E-state index is 6.58. The van der Waals surface area contributed by atoms with Gasteiger partial charge in [0.05, 0.1) is 11.0 Å². The predicted molar refractivity (Wildman–Crippen MR) is 205 cm³/mol. The van der Waals surface area contributed by atoms with Crippen LogP contribution in [0.5, 0.6) is 0 Å². The average molecular weight is 633 g/mol. The molecule has 0 unspecified atom stereocenters. The van der Waals surface area contributed by atoms with E-state index in [0.29, 0.717) is 0 Å². The largest absolute Gasteiger partial charge is 0.455 e. The van der Waals surface area contributed by atoms with Crippen LogP contribution in [0, 0.1) is 0 Å². The van der Waals surface area contributed by atoms with Crippen molar-refractivity contribution >= 4 is 79.3 Å². The smallest absolute Gasteiger partial charge is 0.143 e. The molecule has 0 saturated heterocycles. The second-order valence-electron chi connectivity index (χ2n) is 13.4. The molecule has 9 aromatic rings. The Morgan fingerprint density at radius 2 is 1.15 bits per heavy atom. The van der Waals surface area contributed by atoms with Gasteiger partial charge in [0.15, 0.2) is 0 Å². The zero-order valence-corrected chi connectivity index (χ0v) is 27.8. The van der Waals surface area contributed by atoms with Gasteiger partial charge in [0.25, 0.3) is 0 Å². The molecule has 48 heavy (non-hydrogen) atoms. The standard InChI is InChI=1S/C44H32N2OSi/c1-48(2)41-26-25-36-35-18-10-12-20-40(35)47-44(36)43(41)37-24-22-32(28-42(37)48)45(29-13-5-3-6-14-29)31-21-23-34-33-17-9-11-19-38(33)46(39(34)27-31)30-15-7-4-8-16-30/h3-28H,1-2H3. The Bertz CT molecular complexity index is 2700. The van der Waals surface area contributed by atoms with Crippen molar-refractivity contribution in [2.24, 2.45) is 0 Å². The highest BCUT2D eigenvalue weighted by molar-refractivity contribution is 7.04. The molecular formula is C44H32N2OSi. The Morgan fingerprint density at radius 3 is 1.98 bits per heavy atom. The first-order valence-electron chi connectivity index (χ1n) is 16.6. The third-order valence-corrected chi connectivity index (χ3v) is 13.9. The van der Waals surface area contributed by atoms with Gasteiger partial charge in [-0.1, -0.05) is 110 Å². The second kappa shape index (κ2) is 10.1. The van der Waals surface area contributed by atoms with Crippen molar-refractivity contribution in [3.05, 3.63) is 158 Å². The fourth-order valence-corrected chi connectivity index (χ4v) is 11.2. The minimum Gasteiger partial charge on any atom is -0.455 e. The highest BCUT2D eigenvalue weighted by Crippen LogP contribution is 2.43. The molecule has 1 aliphatic heterocycles. The van der Waals surface area contributed by atoms with E-state index in [4.69, 9.17) is 4.42 Å².